The van der Waals surface area contributed by atoms with E-state index >= 15 is 0 Å². The van der Waals surface area contributed by atoms with Gasteiger partial charge in [0.1, 0.15) is 5.69 Å². The Bertz CT molecular complexity index is 772. The summed E-state index contributed by atoms with van der Waals surface area (Å²) in [5.74, 6) is 0. The van der Waals surface area contributed by atoms with Crippen molar-refractivity contribution in [1.29, 1.82) is 0 Å². The van der Waals surface area contributed by atoms with E-state index in [1.54, 1.807) is 12.3 Å². The largest absolute Gasteiger partial charge is 0.272 e. The highest BCUT2D eigenvalue weighted by Gasteiger charge is 2.09. The zero-order chi connectivity index (χ0) is 13.2. The molecule has 0 spiro atoms. The van der Waals surface area contributed by atoms with Crippen LogP contribution >= 0.6 is 0 Å². The lowest BCUT2D eigenvalue weighted by Gasteiger charge is -2.02. The molecule has 0 radical (unpaired) electrons. The van der Waals surface area contributed by atoms with Gasteiger partial charge in [0.05, 0.1) is 11.6 Å². The number of nitrogens with zero attached hydrogens (tertiary/aromatic N) is 3. The average molecular weight is 254 g/mol. The fourth-order valence-electron chi connectivity index (χ4n) is 2.17. The van der Waals surface area contributed by atoms with Gasteiger partial charge in [0, 0.05) is 23.7 Å². The molecule has 0 unspecified atom stereocenters. The van der Waals surface area contributed by atoms with Crippen molar-refractivity contribution in [3.8, 4) is 11.3 Å². The SMILES string of the molecule is CCCn1cc(-c2n[nH]c(=O)c3ccccc23)cn1. The lowest BCUT2D eigenvalue weighted by Crippen LogP contribution is -2.09. The summed E-state index contributed by atoms with van der Waals surface area (Å²) in [5.41, 5.74) is 1.51. The number of benzene rings is 1. The Hall–Kier alpha value is -2.43. The van der Waals surface area contributed by atoms with Gasteiger partial charge in [-0.1, -0.05) is 25.1 Å². The van der Waals surface area contributed by atoms with E-state index in [1.807, 2.05) is 29.1 Å². The van der Waals surface area contributed by atoms with E-state index in [-0.39, 0.29) is 5.56 Å². The highest BCUT2D eigenvalue weighted by atomic mass is 16.1. The predicted molar refractivity (Wildman–Crippen MR) is 73.9 cm³/mol. The van der Waals surface area contributed by atoms with E-state index in [4.69, 9.17) is 0 Å². The minimum Gasteiger partial charge on any atom is -0.272 e. The maximum absolute atomic E-state index is 11.7. The van der Waals surface area contributed by atoms with Gasteiger partial charge in [-0.15, -0.1) is 0 Å². The number of rotatable bonds is 3. The molecule has 3 rings (SSSR count). The summed E-state index contributed by atoms with van der Waals surface area (Å²) in [6.07, 6.45) is 4.76. The summed E-state index contributed by atoms with van der Waals surface area (Å²) in [7, 11) is 0. The van der Waals surface area contributed by atoms with Gasteiger partial charge in [0.2, 0.25) is 0 Å². The van der Waals surface area contributed by atoms with Crippen LogP contribution in [0.1, 0.15) is 13.3 Å². The molecular formula is C14H14N4O. The molecule has 0 aliphatic carbocycles. The number of hydrogen-bond donors (Lipinski definition) is 1. The minimum atomic E-state index is -0.166. The maximum atomic E-state index is 11.7. The Balaban J connectivity index is 2.19. The summed E-state index contributed by atoms with van der Waals surface area (Å²) in [5, 5.41) is 12.5. The fourth-order valence-corrected chi connectivity index (χ4v) is 2.17. The highest BCUT2D eigenvalue weighted by molar-refractivity contribution is 5.93. The Morgan fingerprint density at radius 3 is 2.84 bits per heavy atom. The first-order chi connectivity index (χ1) is 9.29. The molecule has 0 bridgehead atoms. The molecule has 2 heterocycles. The van der Waals surface area contributed by atoms with E-state index in [0.717, 1.165) is 29.6 Å². The normalized spacial score (nSPS) is 11.0. The first kappa shape index (κ1) is 11.6. The summed E-state index contributed by atoms with van der Waals surface area (Å²) < 4.78 is 1.89. The van der Waals surface area contributed by atoms with Crippen molar-refractivity contribution in [2.45, 2.75) is 19.9 Å². The fraction of sp³-hybridized carbons (Fsp3) is 0.214. The van der Waals surface area contributed by atoms with Crippen molar-refractivity contribution < 1.29 is 0 Å². The summed E-state index contributed by atoms with van der Waals surface area (Å²) in [4.78, 5) is 11.7. The third-order valence-electron chi connectivity index (χ3n) is 3.06. The quantitative estimate of drug-likeness (QED) is 0.779. The molecule has 19 heavy (non-hydrogen) atoms. The summed E-state index contributed by atoms with van der Waals surface area (Å²) >= 11 is 0. The van der Waals surface area contributed by atoms with Crippen LogP contribution in [0.3, 0.4) is 0 Å². The zero-order valence-corrected chi connectivity index (χ0v) is 10.6. The summed E-state index contributed by atoms with van der Waals surface area (Å²) in [6.45, 7) is 2.98. The van der Waals surface area contributed by atoms with Crippen LogP contribution in [-0.4, -0.2) is 20.0 Å². The van der Waals surface area contributed by atoms with Crippen LogP contribution in [-0.2, 0) is 6.54 Å². The second kappa shape index (κ2) is 4.68. The number of fused-ring (bicyclic) bond motifs is 1. The number of nitrogens with one attached hydrogen (secondary N) is 1. The molecular weight excluding hydrogens is 240 g/mol. The Morgan fingerprint density at radius 1 is 1.26 bits per heavy atom. The van der Waals surface area contributed by atoms with Gasteiger partial charge in [-0.2, -0.15) is 10.2 Å². The van der Waals surface area contributed by atoms with E-state index in [9.17, 15) is 4.79 Å². The lowest BCUT2D eigenvalue weighted by atomic mass is 10.1. The monoisotopic (exact) mass is 254 g/mol. The topological polar surface area (TPSA) is 63.6 Å². The van der Waals surface area contributed by atoms with Crippen molar-refractivity contribution in [3.63, 3.8) is 0 Å². The molecule has 1 N–H and O–H groups in total. The second-order valence-corrected chi connectivity index (χ2v) is 4.44. The van der Waals surface area contributed by atoms with Crippen LogP contribution in [0.15, 0.2) is 41.5 Å². The Labute approximate surface area is 109 Å². The maximum Gasteiger partial charge on any atom is 0.272 e. The number of hydrogen-bond acceptors (Lipinski definition) is 3. The molecule has 0 saturated carbocycles. The molecule has 0 saturated heterocycles. The predicted octanol–water partition coefficient (Wildman–Crippen LogP) is 2.20. The number of aryl methyl sites for hydroxylation is 1. The molecule has 1 aromatic carbocycles. The third kappa shape index (κ3) is 2.03. The highest BCUT2D eigenvalue weighted by Crippen LogP contribution is 2.23. The third-order valence-corrected chi connectivity index (χ3v) is 3.06. The van der Waals surface area contributed by atoms with Crippen LogP contribution < -0.4 is 5.56 Å². The van der Waals surface area contributed by atoms with Crippen LogP contribution in [0, 0.1) is 0 Å². The molecule has 0 aliphatic rings. The zero-order valence-electron chi connectivity index (χ0n) is 10.6. The van der Waals surface area contributed by atoms with E-state index in [1.165, 1.54) is 0 Å². The smallest absolute Gasteiger partial charge is 0.272 e. The van der Waals surface area contributed by atoms with Crippen LogP contribution in [0.5, 0.6) is 0 Å². The minimum absolute atomic E-state index is 0.166. The van der Waals surface area contributed by atoms with E-state index in [2.05, 4.69) is 22.2 Å². The molecule has 0 aliphatic heterocycles. The molecule has 5 heteroatoms. The molecule has 5 nitrogen and oxygen atoms in total. The molecule has 3 aromatic rings. The standard InChI is InChI=1S/C14H14N4O/c1-2-7-18-9-10(8-15-18)13-11-5-3-4-6-12(11)14(19)17-16-13/h3-6,8-9H,2,7H2,1H3,(H,17,19). The van der Waals surface area contributed by atoms with Crippen molar-refractivity contribution in [2.75, 3.05) is 0 Å². The molecule has 0 atom stereocenters. The summed E-state index contributed by atoms with van der Waals surface area (Å²) in [6, 6.07) is 7.46. The van der Waals surface area contributed by atoms with Gasteiger partial charge in [-0.05, 0) is 12.5 Å². The van der Waals surface area contributed by atoms with E-state index < -0.39 is 0 Å². The van der Waals surface area contributed by atoms with Crippen LogP contribution in [0.25, 0.3) is 22.0 Å². The van der Waals surface area contributed by atoms with E-state index in [0.29, 0.717) is 5.39 Å². The van der Waals surface area contributed by atoms with Gasteiger partial charge in [0.25, 0.3) is 5.56 Å². The number of aromatic amines is 1. The lowest BCUT2D eigenvalue weighted by molar-refractivity contribution is 0.603. The molecule has 96 valence electrons. The molecule has 0 amide bonds. The second-order valence-electron chi connectivity index (χ2n) is 4.44. The number of H-pyrrole nitrogens is 1. The number of aromatic nitrogens is 4. The van der Waals surface area contributed by atoms with Crippen LogP contribution in [0.2, 0.25) is 0 Å². The molecule has 0 fully saturated rings. The van der Waals surface area contributed by atoms with Gasteiger partial charge in [-0.25, -0.2) is 5.10 Å². The van der Waals surface area contributed by atoms with Crippen molar-refractivity contribution >= 4 is 10.8 Å². The van der Waals surface area contributed by atoms with Crippen molar-refractivity contribution in [3.05, 3.63) is 47.0 Å². The van der Waals surface area contributed by atoms with Gasteiger partial charge in [0.15, 0.2) is 0 Å². The van der Waals surface area contributed by atoms with Gasteiger partial charge >= 0.3 is 0 Å². The average Bonchev–Trinajstić information content (AvgIpc) is 2.88. The van der Waals surface area contributed by atoms with Crippen LogP contribution in [0.4, 0.5) is 0 Å². The Morgan fingerprint density at radius 2 is 2.05 bits per heavy atom. The van der Waals surface area contributed by atoms with Crippen molar-refractivity contribution in [1.82, 2.24) is 20.0 Å². The Kier molecular flexibility index (Phi) is 2.87. The van der Waals surface area contributed by atoms with Gasteiger partial charge < -0.3 is 0 Å². The molecule has 2 aromatic heterocycles. The van der Waals surface area contributed by atoms with Gasteiger partial charge in [-0.3, -0.25) is 9.48 Å². The first-order valence-electron chi connectivity index (χ1n) is 6.30. The first-order valence-corrected chi connectivity index (χ1v) is 6.30. The van der Waals surface area contributed by atoms with Crippen molar-refractivity contribution in [2.24, 2.45) is 0 Å².